The van der Waals surface area contributed by atoms with E-state index in [1.54, 1.807) is 24.3 Å². The van der Waals surface area contributed by atoms with E-state index in [-0.39, 0.29) is 11.7 Å². The summed E-state index contributed by atoms with van der Waals surface area (Å²) < 4.78 is 1.99. The van der Waals surface area contributed by atoms with Crippen LogP contribution >= 0.6 is 0 Å². The smallest absolute Gasteiger partial charge is 0.247 e. The molecule has 6 heteroatoms. The Bertz CT molecular complexity index is 1390. The molecule has 2 aromatic heterocycles. The molecule has 0 aliphatic heterocycles. The first-order valence-corrected chi connectivity index (χ1v) is 9.91. The van der Waals surface area contributed by atoms with E-state index in [1.807, 2.05) is 60.0 Å². The van der Waals surface area contributed by atoms with Gasteiger partial charge in [-0.3, -0.25) is 4.79 Å². The van der Waals surface area contributed by atoms with E-state index in [4.69, 9.17) is 9.97 Å². The number of nitrogens with one attached hydrogen (secondary N) is 1. The number of aromatic hydroxyl groups is 1. The van der Waals surface area contributed by atoms with E-state index >= 15 is 0 Å². The lowest BCUT2D eigenvalue weighted by Gasteiger charge is -2.19. The number of carbonyl (C=O) groups excluding carboxylic acids is 1. The molecule has 1 amide bonds. The molecule has 0 aliphatic rings. The first-order chi connectivity index (χ1) is 14.7. The minimum atomic E-state index is -0.461. The van der Waals surface area contributed by atoms with Crippen LogP contribution in [0.25, 0.3) is 33.1 Å². The number of anilines is 1. The second-order valence-corrected chi connectivity index (χ2v) is 7.23. The minimum Gasteiger partial charge on any atom is -0.508 e. The number of phenolic OH excluding ortho intramolecular Hbond substituents is 1. The highest BCUT2D eigenvalue weighted by Gasteiger charge is 2.25. The first kappa shape index (κ1) is 18.1. The summed E-state index contributed by atoms with van der Waals surface area (Å²) in [4.78, 5) is 23.0. The molecule has 5 rings (SSSR count). The minimum absolute atomic E-state index is 0.138. The molecule has 2 heterocycles. The first-order valence-electron chi connectivity index (χ1n) is 9.91. The monoisotopic (exact) mass is 396 g/mol. The predicted molar refractivity (Wildman–Crippen MR) is 119 cm³/mol. The Morgan fingerprint density at radius 1 is 0.967 bits per heavy atom. The highest BCUT2D eigenvalue weighted by molar-refractivity contribution is 6.08. The Morgan fingerprint density at radius 2 is 1.63 bits per heavy atom. The summed E-state index contributed by atoms with van der Waals surface area (Å²) in [6.07, 6.45) is 0.589. The van der Waals surface area contributed by atoms with Gasteiger partial charge in [-0.1, -0.05) is 37.3 Å². The average Bonchev–Trinajstić information content (AvgIpc) is 3.08. The van der Waals surface area contributed by atoms with Gasteiger partial charge < -0.3 is 15.0 Å². The molecule has 2 N–H and O–H groups in total. The van der Waals surface area contributed by atoms with E-state index in [0.717, 1.165) is 27.5 Å². The number of carbonyl (C=O) groups is 1. The van der Waals surface area contributed by atoms with Gasteiger partial charge in [-0.05, 0) is 48.9 Å². The zero-order valence-corrected chi connectivity index (χ0v) is 16.4. The van der Waals surface area contributed by atoms with Crippen molar-refractivity contribution in [2.75, 3.05) is 5.32 Å². The largest absolute Gasteiger partial charge is 0.508 e. The summed E-state index contributed by atoms with van der Waals surface area (Å²) >= 11 is 0. The number of nitrogens with zero attached hydrogens (tertiary/aromatic N) is 3. The number of para-hydroxylation sites is 3. The van der Waals surface area contributed by atoms with Gasteiger partial charge in [0.15, 0.2) is 5.65 Å². The molecule has 6 nitrogen and oxygen atoms in total. The Labute approximate surface area is 172 Å². The number of hydrogen-bond donors (Lipinski definition) is 2. The summed E-state index contributed by atoms with van der Waals surface area (Å²) in [5.41, 5.74) is 4.67. The standard InChI is InChI=1S/C24H20N4O2/c1-2-20(24(30)25-15-11-13-16(29)14-12-15)28-21-10-6-3-7-17(21)22-23(28)27-19-9-5-4-8-18(19)26-22/h3-14,20,29H,2H2,1H3,(H,25,30). The lowest BCUT2D eigenvalue weighted by molar-refractivity contribution is -0.119. The van der Waals surface area contributed by atoms with Gasteiger partial charge >= 0.3 is 0 Å². The Kier molecular flexibility index (Phi) is 4.32. The third-order valence-electron chi connectivity index (χ3n) is 5.33. The molecule has 0 spiro atoms. The van der Waals surface area contributed by atoms with Gasteiger partial charge in [0.25, 0.3) is 0 Å². The van der Waals surface area contributed by atoms with Gasteiger partial charge in [0.2, 0.25) is 5.91 Å². The highest BCUT2D eigenvalue weighted by Crippen LogP contribution is 2.32. The molecule has 30 heavy (non-hydrogen) atoms. The number of fused-ring (bicyclic) bond motifs is 4. The quantitative estimate of drug-likeness (QED) is 0.418. The summed E-state index contributed by atoms with van der Waals surface area (Å²) in [5, 5.41) is 13.4. The molecule has 3 aromatic carbocycles. The number of benzene rings is 3. The molecule has 0 aliphatic carbocycles. The molecule has 5 aromatic rings. The fourth-order valence-corrected chi connectivity index (χ4v) is 3.91. The van der Waals surface area contributed by atoms with Gasteiger partial charge in [-0.2, -0.15) is 0 Å². The van der Waals surface area contributed by atoms with Crippen molar-refractivity contribution in [2.24, 2.45) is 0 Å². The maximum Gasteiger partial charge on any atom is 0.247 e. The molecule has 0 saturated heterocycles. The van der Waals surface area contributed by atoms with Gasteiger partial charge in [-0.15, -0.1) is 0 Å². The summed E-state index contributed by atoms with van der Waals surface area (Å²) in [6.45, 7) is 1.98. The lowest BCUT2D eigenvalue weighted by atomic mass is 10.2. The highest BCUT2D eigenvalue weighted by atomic mass is 16.3. The van der Waals surface area contributed by atoms with Crippen LogP contribution in [0, 0.1) is 0 Å². The SMILES string of the molecule is CCC(C(=O)Nc1ccc(O)cc1)n1c2ccccc2c2nc3ccccc3nc21. The van der Waals surface area contributed by atoms with Gasteiger partial charge in [-0.25, -0.2) is 9.97 Å². The zero-order valence-electron chi connectivity index (χ0n) is 16.4. The van der Waals surface area contributed by atoms with Crippen molar-refractivity contribution in [3.63, 3.8) is 0 Å². The Balaban J connectivity index is 1.69. The molecule has 0 radical (unpaired) electrons. The van der Waals surface area contributed by atoms with Gasteiger partial charge in [0, 0.05) is 11.1 Å². The van der Waals surface area contributed by atoms with E-state index in [0.29, 0.717) is 17.8 Å². The maximum absolute atomic E-state index is 13.2. The lowest BCUT2D eigenvalue weighted by Crippen LogP contribution is -2.25. The molecule has 0 bridgehead atoms. The molecular formula is C24H20N4O2. The maximum atomic E-state index is 13.2. The Hall–Kier alpha value is -3.93. The van der Waals surface area contributed by atoms with Crippen molar-refractivity contribution < 1.29 is 9.90 Å². The third-order valence-corrected chi connectivity index (χ3v) is 5.33. The van der Waals surface area contributed by atoms with Crippen LogP contribution < -0.4 is 5.32 Å². The average molecular weight is 396 g/mol. The van der Waals surface area contributed by atoms with Crippen LogP contribution in [0.4, 0.5) is 5.69 Å². The molecule has 1 atom stereocenters. The number of aromatic nitrogens is 3. The van der Waals surface area contributed by atoms with Crippen LogP contribution in [-0.4, -0.2) is 25.5 Å². The summed E-state index contributed by atoms with van der Waals surface area (Å²) in [7, 11) is 0. The summed E-state index contributed by atoms with van der Waals surface area (Å²) in [5.74, 6) is 0.0189. The van der Waals surface area contributed by atoms with Crippen molar-refractivity contribution in [3.05, 3.63) is 72.8 Å². The normalized spacial score (nSPS) is 12.4. The van der Waals surface area contributed by atoms with Crippen molar-refractivity contribution >= 4 is 44.7 Å². The van der Waals surface area contributed by atoms with Crippen LogP contribution in [0.2, 0.25) is 0 Å². The molecule has 0 fully saturated rings. The zero-order chi connectivity index (χ0) is 20.7. The van der Waals surface area contributed by atoms with Crippen molar-refractivity contribution in [2.45, 2.75) is 19.4 Å². The van der Waals surface area contributed by atoms with Crippen molar-refractivity contribution in [3.8, 4) is 5.75 Å². The second kappa shape index (κ2) is 7.15. The second-order valence-electron chi connectivity index (χ2n) is 7.23. The summed E-state index contributed by atoms with van der Waals surface area (Å²) in [6, 6.07) is 21.7. The van der Waals surface area contributed by atoms with Crippen LogP contribution in [0.15, 0.2) is 72.8 Å². The molecule has 1 unspecified atom stereocenters. The fourth-order valence-electron chi connectivity index (χ4n) is 3.91. The van der Waals surface area contributed by atoms with Crippen molar-refractivity contribution in [1.82, 2.24) is 14.5 Å². The van der Waals surface area contributed by atoms with E-state index in [9.17, 15) is 9.90 Å². The van der Waals surface area contributed by atoms with Crippen LogP contribution in [0.5, 0.6) is 5.75 Å². The fraction of sp³-hybridized carbons (Fsp3) is 0.125. The van der Waals surface area contributed by atoms with Gasteiger partial charge in [0.1, 0.15) is 17.3 Å². The number of phenols is 1. The molecular weight excluding hydrogens is 376 g/mol. The topological polar surface area (TPSA) is 80.0 Å². The number of rotatable bonds is 4. The predicted octanol–water partition coefficient (Wildman–Crippen LogP) is 5.03. The van der Waals surface area contributed by atoms with E-state index < -0.39 is 6.04 Å². The van der Waals surface area contributed by atoms with E-state index in [2.05, 4.69) is 5.32 Å². The number of amides is 1. The number of hydrogen-bond acceptors (Lipinski definition) is 4. The third kappa shape index (κ3) is 2.93. The molecule has 0 saturated carbocycles. The Morgan fingerprint density at radius 3 is 2.37 bits per heavy atom. The molecule has 148 valence electrons. The van der Waals surface area contributed by atoms with Crippen LogP contribution in [0.3, 0.4) is 0 Å². The van der Waals surface area contributed by atoms with Gasteiger partial charge in [0.05, 0.1) is 16.6 Å². The van der Waals surface area contributed by atoms with Crippen molar-refractivity contribution in [1.29, 1.82) is 0 Å². The van der Waals surface area contributed by atoms with E-state index in [1.165, 1.54) is 0 Å². The van der Waals surface area contributed by atoms with Crippen LogP contribution in [0.1, 0.15) is 19.4 Å². The van der Waals surface area contributed by atoms with Crippen LogP contribution in [-0.2, 0) is 4.79 Å².